The lowest BCUT2D eigenvalue weighted by molar-refractivity contribution is -0.137. The van der Waals surface area contributed by atoms with Crippen LogP contribution in [0.3, 0.4) is 0 Å². The normalized spacial score (nSPS) is 13.0. The second-order valence-electron chi connectivity index (χ2n) is 11.5. The molecule has 234 valence electrons. The zero-order chi connectivity index (χ0) is 30.6. The van der Waals surface area contributed by atoms with Crippen molar-refractivity contribution in [3.05, 3.63) is 60.7 Å². The Morgan fingerprint density at radius 3 is 1.74 bits per heavy atom. The summed E-state index contributed by atoms with van der Waals surface area (Å²) in [4.78, 5) is 28.2. The summed E-state index contributed by atoms with van der Waals surface area (Å²) in [7, 11) is -3.10. The Bertz CT molecular complexity index is 1000. The highest BCUT2D eigenvalue weighted by Gasteiger charge is 2.30. The maximum absolute atomic E-state index is 14.1. The van der Waals surface area contributed by atoms with Crippen LogP contribution in [0, 0.1) is 11.8 Å². The molecule has 2 aromatic rings. The maximum atomic E-state index is 14.1. The van der Waals surface area contributed by atoms with Crippen molar-refractivity contribution in [1.82, 2.24) is 10.2 Å². The average molecular weight is 599 g/mol. The molecule has 0 spiro atoms. The minimum atomic E-state index is -3.10. The molecule has 0 fully saturated rings. The summed E-state index contributed by atoms with van der Waals surface area (Å²) < 4.78 is 19.9. The Balaban J connectivity index is 1.86. The van der Waals surface area contributed by atoms with E-state index in [0.717, 1.165) is 38.8 Å². The van der Waals surface area contributed by atoms with Crippen molar-refractivity contribution in [3.8, 4) is 0 Å². The van der Waals surface area contributed by atoms with Crippen molar-refractivity contribution in [2.24, 2.45) is 11.8 Å². The molecule has 1 N–H and O–H groups in total. The molecule has 0 saturated heterocycles. The lowest BCUT2D eigenvalue weighted by Gasteiger charge is -2.30. The molecule has 0 bridgehead atoms. The predicted octanol–water partition coefficient (Wildman–Crippen LogP) is 6.78. The highest BCUT2D eigenvalue weighted by atomic mass is 31.2. The van der Waals surface area contributed by atoms with E-state index in [4.69, 9.17) is 4.74 Å². The summed E-state index contributed by atoms with van der Waals surface area (Å²) >= 11 is 0. The first-order valence-electron chi connectivity index (χ1n) is 16.2. The van der Waals surface area contributed by atoms with Gasteiger partial charge in [0.2, 0.25) is 11.8 Å². The first-order chi connectivity index (χ1) is 20.4. The van der Waals surface area contributed by atoms with Crippen LogP contribution in [0.15, 0.2) is 60.7 Å². The molecule has 2 atom stereocenters. The second kappa shape index (κ2) is 20.5. The molecule has 2 unspecified atom stereocenters. The molecule has 7 heteroatoms. The summed E-state index contributed by atoms with van der Waals surface area (Å²) in [6.07, 6.45) is 9.72. The minimum absolute atomic E-state index is 0.0654. The van der Waals surface area contributed by atoms with Gasteiger partial charge in [-0.1, -0.05) is 127 Å². The molecule has 0 aromatic heterocycles. The third-order valence-electron chi connectivity index (χ3n) is 8.12. The highest BCUT2D eigenvalue weighted by molar-refractivity contribution is 7.79. The predicted molar refractivity (Wildman–Crippen MR) is 176 cm³/mol. The maximum Gasteiger partial charge on any atom is 0.248 e. The van der Waals surface area contributed by atoms with E-state index in [1.807, 2.05) is 60.7 Å². The van der Waals surface area contributed by atoms with Crippen LogP contribution in [0.5, 0.6) is 0 Å². The largest absolute Gasteiger partial charge is 0.372 e. The number of hydrogen-bond acceptors (Lipinski definition) is 4. The van der Waals surface area contributed by atoms with Gasteiger partial charge in [-0.3, -0.25) is 9.59 Å². The van der Waals surface area contributed by atoms with Gasteiger partial charge in [-0.2, -0.15) is 0 Å². The minimum Gasteiger partial charge on any atom is -0.372 e. The van der Waals surface area contributed by atoms with Gasteiger partial charge in [0.25, 0.3) is 0 Å². The zero-order valence-electron chi connectivity index (χ0n) is 26.6. The van der Waals surface area contributed by atoms with E-state index < -0.39 is 7.14 Å². The molecular formula is C35H55N2O4P. The molecule has 2 amide bonds. The Kier molecular flexibility index (Phi) is 17.4. The van der Waals surface area contributed by atoms with E-state index >= 15 is 0 Å². The van der Waals surface area contributed by atoms with E-state index in [2.05, 4.69) is 37.9 Å². The standard InChI is InChI=1S/C35H55N2O4P/c1-5-9-18-30(7-3)26-37(27-31(8-4)19-10-6-2)35(39)28-41-25-17-24-36-34(38)29-42(40,32-20-13-11-14-21-32)33-22-15-12-16-23-33/h11-16,20-23,30-31H,5-10,17-19,24-29H2,1-4H3,(H,36,38). The number of hydrogen-bond donors (Lipinski definition) is 1. The number of benzene rings is 2. The van der Waals surface area contributed by atoms with Gasteiger partial charge in [0.15, 0.2) is 7.14 Å². The van der Waals surface area contributed by atoms with Gasteiger partial charge in [0.05, 0.1) is 6.16 Å². The Morgan fingerprint density at radius 2 is 1.29 bits per heavy atom. The van der Waals surface area contributed by atoms with Gasteiger partial charge in [-0.05, 0) is 31.1 Å². The molecule has 42 heavy (non-hydrogen) atoms. The summed E-state index contributed by atoms with van der Waals surface area (Å²) in [5, 5.41) is 4.27. The summed E-state index contributed by atoms with van der Waals surface area (Å²) in [6.45, 7) is 11.4. The van der Waals surface area contributed by atoms with Crippen LogP contribution in [0.2, 0.25) is 0 Å². The third-order valence-corrected chi connectivity index (χ3v) is 11.1. The number of rotatable bonds is 22. The molecule has 0 aliphatic carbocycles. The van der Waals surface area contributed by atoms with Crippen molar-refractivity contribution in [2.75, 3.05) is 39.0 Å². The molecule has 0 aliphatic rings. The van der Waals surface area contributed by atoms with Crippen LogP contribution in [0.1, 0.15) is 85.5 Å². The molecule has 0 heterocycles. The second-order valence-corrected chi connectivity index (χ2v) is 14.3. The van der Waals surface area contributed by atoms with E-state index in [1.165, 1.54) is 25.7 Å². The van der Waals surface area contributed by atoms with Crippen LogP contribution < -0.4 is 15.9 Å². The molecule has 0 saturated carbocycles. The summed E-state index contributed by atoms with van der Waals surface area (Å²) in [5.74, 6) is 0.866. The van der Waals surface area contributed by atoms with Crippen molar-refractivity contribution in [1.29, 1.82) is 0 Å². The molecule has 2 aromatic carbocycles. The van der Waals surface area contributed by atoms with Crippen LogP contribution in [0.4, 0.5) is 0 Å². The van der Waals surface area contributed by atoms with Gasteiger partial charge in [-0.25, -0.2) is 0 Å². The fourth-order valence-electron chi connectivity index (χ4n) is 5.32. The van der Waals surface area contributed by atoms with Gasteiger partial charge in [0, 0.05) is 36.9 Å². The summed E-state index contributed by atoms with van der Waals surface area (Å²) in [5.41, 5.74) is 0. The van der Waals surface area contributed by atoms with E-state index in [1.54, 1.807) is 0 Å². The van der Waals surface area contributed by atoms with Gasteiger partial charge >= 0.3 is 0 Å². The van der Waals surface area contributed by atoms with Gasteiger partial charge in [-0.15, -0.1) is 0 Å². The molecular weight excluding hydrogens is 543 g/mol. The monoisotopic (exact) mass is 598 g/mol. The molecule has 2 rings (SSSR count). The van der Waals surface area contributed by atoms with Gasteiger partial charge in [0.1, 0.15) is 6.61 Å². The number of carbonyl (C=O) groups is 2. The molecule has 0 radical (unpaired) electrons. The van der Waals surface area contributed by atoms with Crippen LogP contribution in [-0.4, -0.2) is 55.7 Å². The van der Waals surface area contributed by atoms with E-state index in [-0.39, 0.29) is 24.6 Å². The smallest absolute Gasteiger partial charge is 0.248 e. The van der Waals surface area contributed by atoms with Crippen LogP contribution >= 0.6 is 7.14 Å². The fourth-order valence-corrected chi connectivity index (χ4v) is 7.80. The first-order valence-corrected chi connectivity index (χ1v) is 18.1. The van der Waals surface area contributed by atoms with Crippen molar-refractivity contribution in [2.45, 2.75) is 85.5 Å². The zero-order valence-corrected chi connectivity index (χ0v) is 27.5. The van der Waals surface area contributed by atoms with Crippen LogP contribution in [0.25, 0.3) is 0 Å². The number of nitrogens with one attached hydrogen (secondary N) is 1. The Labute approximate surface area is 255 Å². The molecule has 0 aliphatic heterocycles. The average Bonchev–Trinajstić information content (AvgIpc) is 3.02. The van der Waals surface area contributed by atoms with Crippen molar-refractivity contribution in [3.63, 3.8) is 0 Å². The quantitative estimate of drug-likeness (QED) is 0.120. The molecule has 6 nitrogen and oxygen atoms in total. The lowest BCUT2D eigenvalue weighted by atomic mass is 9.95. The van der Waals surface area contributed by atoms with E-state index in [9.17, 15) is 14.2 Å². The number of nitrogens with zero attached hydrogens (tertiary/aromatic N) is 1. The topological polar surface area (TPSA) is 75.7 Å². The van der Waals surface area contributed by atoms with E-state index in [0.29, 0.717) is 42.0 Å². The Morgan fingerprint density at radius 1 is 0.786 bits per heavy atom. The fraction of sp³-hybridized carbons (Fsp3) is 0.600. The SMILES string of the molecule is CCCCC(CC)CN(CC(CC)CCCC)C(=O)COCCCNC(=O)CP(=O)(c1ccccc1)c1ccccc1. The van der Waals surface area contributed by atoms with Crippen molar-refractivity contribution < 1.29 is 18.9 Å². The number of ether oxygens (including phenoxy) is 1. The van der Waals surface area contributed by atoms with Gasteiger partial charge < -0.3 is 19.5 Å². The number of amides is 2. The lowest BCUT2D eigenvalue weighted by Crippen LogP contribution is -2.41. The third kappa shape index (κ3) is 12.4. The number of carbonyl (C=O) groups excluding carboxylic acids is 2. The highest BCUT2D eigenvalue weighted by Crippen LogP contribution is 2.42. The summed E-state index contributed by atoms with van der Waals surface area (Å²) in [6, 6.07) is 18.5. The number of unbranched alkanes of at least 4 members (excludes halogenated alkanes) is 2. The Hall–Kier alpha value is -2.43. The first kappa shape index (κ1) is 35.8. The van der Waals surface area contributed by atoms with Crippen LogP contribution in [-0.2, 0) is 18.9 Å². The van der Waals surface area contributed by atoms with Crippen molar-refractivity contribution >= 4 is 29.6 Å².